The second-order valence-corrected chi connectivity index (χ2v) is 3.89. The highest BCUT2D eigenvalue weighted by molar-refractivity contribution is 5.77. The van der Waals surface area contributed by atoms with Gasteiger partial charge in [0.2, 0.25) is 0 Å². The largest absolute Gasteiger partial charge is 0.496 e. The Morgan fingerprint density at radius 2 is 2.15 bits per heavy atom. The highest BCUT2D eigenvalue weighted by Crippen LogP contribution is 2.35. The maximum Gasteiger partial charge on any atom is 0.295 e. The maximum atomic E-state index is 11.1. The smallest absolute Gasteiger partial charge is 0.295 e. The summed E-state index contributed by atoms with van der Waals surface area (Å²) in [7, 11) is 1.43. The lowest BCUT2D eigenvalue weighted by Gasteiger charge is -2.09. The van der Waals surface area contributed by atoms with Crippen LogP contribution in [0.1, 0.15) is 5.56 Å². The number of hydrogen-bond donors (Lipinski definition) is 1. The fraction of sp³-hybridized carbons (Fsp3) is 0.0769. The number of aromatic nitrogens is 1. The lowest BCUT2D eigenvalue weighted by atomic mass is 10.1. The van der Waals surface area contributed by atoms with E-state index in [1.165, 1.54) is 25.3 Å². The first kappa shape index (κ1) is 13.3. The predicted molar refractivity (Wildman–Crippen MR) is 72.0 cm³/mol. The molecule has 1 aromatic carbocycles. The molecule has 7 heteroatoms. The molecule has 100 valence electrons. The third-order valence-corrected chi connectivity index (χ3v) is 2.68. The molecule has 0 aliphatic heterocycles. The Kier molecular flexibility index (Phi) is 3.48. The number of ether oxygens (including phenoxy) is 1. The normalized spacial score (nSPS) is 9.80. The Balaban J connectivity index is 2.76. The lowest BCUT2D eigenvalue weighted by Crippen LogP contribution is -2.00. The topological polar surface area (TPSA) is 115 Å². The molecular formula is C13H10N4O3. The van der Waals surface area contributed by atoms with Crippen molar-refractivity contribution >= 4 is 11.5 Å². The third-order valence-electron chi connectivity index (χ3n) is 2.68. The fourth-order valence-electron chi connectivity index (χ4n) is 1.78. The van der Waals surface area contributed by atoms with Crippen molar-refractivity contribution in [2.24, 2.45) is 0 Å². The molecule has 0 bridgehead atoms. The molecule has 2 aromatic rings. The summed E-state index contributed by atoms with van der Waals surface area (Å²) in [6.45, 7) is 0. The summed E-state index contributed by atoms with van der Waals surface area (Å²) in [6, 6.07) is 9.18. The Hall–Kier alpha value is -3.14. The van der Waals surface area contributed by atoms with E-state index in [-0.39, 0.29) is 17.2 Å². The van der Waals surface area contributed by atoms with Gasteiger partial charge in [0, 0.05) is 6.07 Å². The molecule has 0 fully saturated rings. The summed E-state index contributed by atoms with van der Waals surface area (Å²) >= 11 is 0. The summed E-state index contributed by atoms with van der Waals surface area (Å²) in [6.07, 6.45) is 0. The van der Waals surface area contributed by atoms with Crippen molar-refractivity contribution in [1.82, 2.24) is 4.98 Å². The van der Waals surface area contributed by atoms with Gasteiger partial charge in [-0.15, -0.1) is 0 Å². The van der Waals surface area contributed by atoms with E-state index in [1.54, 1.807) is 12.1 Å². The van der Waals surface area contributed by atoms with E-state index in [4.69, 9.17) is 15.7 Å². The van der Waals surface area contributed by atoms with E-state index in [0.29, 0.717) is 16.9 Å². The van der Waals surface area contributed by atoms with Crippen LogP contribution >= 0.6 is 0 Å². The zero-order valence-corrected chi connectivity index (χ0v) is 10.5. The molecule has 0 saturated heterocycles. The number of benzene rings is 1. The molecule has 0 spiro atoms. The number of nitrogen functional groups attached to an aromatic ring is 1. The third kappa shape index (κ3) is 2.35. The van der Waals surface area contributed by atoms with Gasteiger partial charge in [-0.3, -0.25) is 10.1 Å². The molecule has 0 saturated carbocycles. The van der Waals surface area contributed by atoms with Crippen molar-refractivity contribution < 1.29 is 9.66 Å². The molecule has 0 amide bonds. The molecule has 20 heavy (non-hydrogen) atoms. The first-order chi connectivity index (χ1) is 9.56. The van der Waals surface area contributed by atoms with Crippen LogP contribution in [-0.2, 0) is 0 Å². The van der Waals surface area contributed by atoms with E-state index in [0.717, 1.165) is 0 Å². The van der Waals surface area contributed by atoms with Crippen LogP contribution in [0.4, 0.5) is 11.5 Å². The van der Waals surface area contributed by atoms with Crippen molar-refractivity contribution in [3.05, 3.63) is 46.0 Å². The van der Waals surface area contributed by atoms with Gasteiger partial charge in [-0.25, -0.2) is 4.98 Å². The zero-order chi connectivity index (χ0) is 14.7. The van der Waals surface area contributed by atoms with Crippen LogP contribution in [0, 0.1) is 21.4 Å². The molecule has 2 N–H and O–H groups in total. The van der Waals surface area contributed by atoms with Gasteiger partial charge in [0.05, 0.1) is 29.2 Å². The summed E-state index contributed by atoms with van der Waals surface area (Å²) in [4.78, 5) is 14.5. The standard InChI is InChI=1S/C13H10N4O3/c1-20-11-4-2-8(7-14)6-9(11)13-10(17(18)19)3-5-12(15)16-13/h2-6H,1H3,(H2,15,16). The summed E-state index contributed by atoms with van der Waals surface area (Å²) in [5.74, 6) is 0.528. The second kappa shape index (κ2) is 5.24. The number of nitrogens with two attached hydrogens (primary N) is 1. The number of nitro groups is 1. The molecule has 7 nitrogen and oxygen atoms in total. The Morgan fingerprint density at radius 3 is 2.75 bits per heavy atom. The fourth-order valence-corrected chi connectivity index (χ4v) is 1.78. The van der Waals surface area contributed by atoms with Gasteiger partial charge in [-0.2, -0.15) is 5.26 Å². The first-order valence-electron chi connectivity index (χ1n) is 5.56. The van der Waals surface area contributed by atoms with Crippen LogP contribution in [-0.4, -0.2) is 17.0 Å². The van der Waals surface area contributed by atoms with E-state index < -0.39 is 4.92 Å². The highest BCUT2D eigenvalue weighted by atomic mass is 16.6. The number of hydrogen-bond acceptors (Lipinski definition) is 6. The predicted octanol–water partition coefficient (Wildman–Crippen LogP) is 2.12. The molecule has 2 rings (SSSR count). The van der Waals surface area contributed by atoms with E-state index in [1.807, 2.05) is 6.07 Å². The average Bonchev–Trinajstić information content (AvgIpc) is 2.46. The second-order valence-electron chi connectivity index (χ2n) is 3.89. The quantitative estimate of drug-likeness (QED) is 0.674. The number of nitrogens with zero attached hydrogens (tertiary/aromatic N) is 3. The number of anilines is 1. The van der Waals surface area contributed by atoms with E-state index >= 15 is 0 Å². The van der Waals surface area contributed by atoms with Crippen molar-refractivity contribution in [3.8, 4) is 23.1 Å². The van der Waals surface area contributed by atoms with Crippen LogP contribution in [0.5, 0.6) is 5.75 Å². The van der Waals surface area contributed by atoms with Crippen LogP contribution in [0.25, 0.3) is 11.3 Å². The summed E-state index contributed by atoms with van der Waals surface area (Å²) < 4.78 is 5.16. The van der Waals surface area contributed by atoms with Gasteiger partial charge in [0.25, 0.3) is 5.69 Å². The Bertz CT molecular complexity index is 722. The molecule has 0 radical (unpaired) electrons. The molecule has 0 aliphatic rings. The molecule has 0 aliphatic carbocycles. The van der Waals surface area contributed by atoms with Gasteiger partial charge in [-0.05, 0) is 24.3 Å². The van der Waals surface area contributed by atoms with Crippen LogP contribution in [0.15, 0.2) is 30.3 Å². The van der Waals surface area contributed by atoms with Crippen LogP contribution in [0.2, 0.25) is 0 Å². The minimum Gasteiger partial charge on any atom is -0.496 e. The molecule has 0 atom stereocenters. The van der Waals surface area contributed by atoms with Gasteiger partial charge in [0.15, 0.2) is 5.69 Å². The van der Waals surface area contributed by atoms with Gasteiger partial charge in [0.1, 0.15) is 11.6 Å². The van der Waals surface area contributed by atoms with Crippen LogP contribution in [0.3, 0.4) is 0 Å². The minimum absolute atomic E-state index is 0.0731. The van der Waals surface area contributed by atoms with E-state index in [2.05, 4.69) is 4.98 Å². The van der Waals surface area contributed by atoms with Crippen molar-refractivity contribution in [2.45, 2.75) is 0 Å². The van der Waals surface area contributed by atoms with E-state index in [9.17, 15) is 10.1 Å². The number of rotatable bonds is 3. The lowest BCUT2D eigenvalue weighted by molar-refractivity contribution is -0.384. The number of pyridine rings is 1. The maximum absolute atomic E-state index is 11.1. The molecular weight excluding hydrogens is 260 g/mol. The summed E-state index contributed by atoms with van der Waals surface area (Å²) in [5, 5.41) is 20.0. The molecule has 1 aromatic heterocycles. The van der Waals surface area contributed by atoms with Crippen molar-refractivity contribution in [3.63, 3.8) is 0 Å². The van der Waals surface area contributed by atoms with Gasteiger partial charge < -0.3 is 10.5 Å². The summed E-state index contributed by atoms with van der Waals surface area (Å²) in [5.41, 5.74) is 6.16. The SMILES string of the molecule is COc1ccc(C#N)cc1-c1nc(N)ccc1[N+](=O)[O-]. The first-order valence-corrected chi connectivity index (χ1v) is 5.56. The van der Waals surface area contributed by atoms with Gasteiger partial charge >= 0.3 is 0 Å². The number of methoxy groups -OCH3 is 1. The van der Waals surface area contributed by atoms with Gasteiger partial charge in [-0.1, -0.05) is 0 Å². The van der Waals surface area contributed by atoms with Crippen LogP contribution < -0.4 is 10.5 Å². The Labute approximate surface area is 114 Å². The van der Waals surface area contributed by atoms with Crippen molar-refractivity contribution in [1.29, 1.82) is 5.26 Å². The van der Waals surface area contributed by atoms with Crippen molar-refractivity contribution in [2.75, 3.05) is 12.8 Å². The zero-order valence-electron chi connectivity index (χ0n) is 10.5. The minimum atomic E-state index is -0.555. The Morgan fingerprint density at radius 1 is 1.40 bits per heavy atom. The number of nitriles is 1. The highest BCUT2D eigenvalue weighted by Gasteiger charge is 2.20. The molecule has 0 unspecified atom stereocenters. The monoisotopic (exact) mass is 270 g/mol. The average molecular weight is 270 g/mol. The molecule has 1 heterocycles.